The summed E-state index contributed by atoms with van der Waals surface area (Å²) in [5, 5.41) is 7.57. The van der Waals surface area contributed by atoms with Crippen molar-refractivity contribution in [1.29, 1.82) is 0 Å². The van der Waals surface area contributed by atoms with E-state index in [1.165, 1.54) is 20.1 Å². The third kappa shape index (κ3) is 5.87. The first-order chi connectivity index (χ1) is 18.3. The minimum absolute atomic E-state index is 0.0514. The van der Waals surface area contributed by atoms with Gasteiger partial charge in [-0.05, 0) is 60.5 Å². The number of hydrogen-bond donors (Lipinski definition) is 1. The summed E-state index contributed by atoms with van der Waals surface area (Å²) in [4.78, 5) is 50.1. The van der Waals surface area contributed by atoms with E-state index in [2.05, 4.69) is 10.4 Å². The molecule has 0 saturated carbocycles. The summed E-state index contributed by atoms with van der Waals surface area (Å²) >= 11 is 6.19. The van der Waals surface area contributed by atoms with Crippen molar-refractivity contribution in [2.75, 3.05) is 12.4 Å². The number of hydrogen-bond acceptors (Lipinski definition) is 6. The van der Waals surface area contributed by atoms with Crippen LogP contribution in [0.15, 0.2) is 83.7 Å². The molecule has 8 nitrogen and oxygen atoms in total. The fourth-order valence-corrected chi connectivity index (χ4v) is 4.24. The zero-order chi connectivity index (χ0) is 27.2. The number of aldehydes is 1. The monoisotopic (exact) mass is 529 g/mol. The van der Waals surface area contributed by atoms with Crippen LogP contribution in [0, 0.1) is 0 Å². The zero-order valence-corrected chi connectivity index (χ0v) is 21.4. The predicted molar refractivity (Wildman–Crippen MR) is 145 cm³/mol. The number of rotatable bonds is 9. The van der Waals surface area contributed by atoms with Crippen LogP contribution in [0.5, 0.6) is 5.88 Å². The second-order valence-electron chi connectivity index (χ2n) is 8.53. The van der Waals surface area contributed by atoms with E-state index in [4.69, 9.17) is 16.3 Å². The Balaban J connectivity index is 1.80. The first kappa shape index (κ1) is 26.5. The molecular weight excluding hydrogens is 506 g/mol. The third-order valence-corrected chi connectivity index (χ3v) is 6.19. The molecule has 0 saturated heterocycles. The summed E-state index contributed by atoms with van der Waals surface area (Å²) < 4.78 is 6.58. The highest BCUT2D eigenvalue weighted by molar-refractivity contribution is 6.31. The maximum atomic E-state index is 13.5. The van der Waals surface area contributed by atoms with Crippen molar-refractivity contribution >= 4 is 35.3 Å². The number of benzene rings is 3. The normalized spacial score (nSPS) is 11.4. The Morgan fingerprint density at radius 2 is 1.74 bits per heavy atom. The molecule has 1 aromatic heterocycles. The lowest BCUT2D eigenvalue weighted by Gasteiger charge is -2.20. The van der Waals surface area contributed by atoms with Gasteiger partial charge in [-0.25, -0.2) is 4.68 Å². The number of anilines is 1. The van der Waals surface area contributed by atoms with Crippen molar-refractivity contribution in [3.8, 4) is 17.0 Å². The van der Waals surface area contributed by atoms with E-state index >= 15 is 0 Å². The lowest BCUT2D eigenvalue weighted by molar-refractivity contribution is -0.119. The molecule has 1 unspecified atom stereocenters. The van der Waals surface area contributed by atoms with Crippen LogP contribution in [0.2, 0.25) is 5.02 Å². The minimum atomic E-state index is -1.04. The first-order valence-electron chi connectivity index (χ1n) is 11.7. The Bertz CT molecular complexity index is 1550. The maximum absolute atomic E-state index is 13.5. The topological polar surface area (TPSA) is 107 Å². The predicted octanol–water partition coefficient (Wildman–Crippen LogP) is 5.01. The van der Waals surface area contributed by atoms with Crippen molar-refractivity contribution in [3.63, 3.8) is 0 Å². The van der Waals surface area contributed by atoms with Crippen LogP contribution in [0.25, 0.3) is 11.1 Å². The standard InChI is InChI=1S/C29H24ClN3O5/c1-18(35)23-13-10-21(30)15-24(23)25-16-27(36)33(32-29(25)38-2)26(14-19-6-4-3-5-7-19)28(37)31-22-11-8-20(17-34)9-12-22/h3-13,15-17,26H,14H2,1-2H3,(H,31,37). The van der Waals surface area contributed by atoms with E-state index in [1.54, 1.807) is 42.5 Å². The summed E-state index contributed by atoms with van der Waals surface area (Å²) in [6.45, 7) is 1.41. The highest BCUT2D eigenvalue weighted by Crippen LogP contribution is 2.32. The first-order valence-corrected chi connectivity index (χ1v) is 12.1. The molecule has 38 heavy (non-hydrogen) atoms. The third-order valence-electron chi connectivity index (χ3n) is 5.95. The second-order valence-corrected chi connectivity index (χ2v) is 8.97. The highest BCUT2D eigenvalue weighted by Gasteiger charge is 2.26. The van der Waals surface area contributed by atoms with E-state index in [1.807, 2.05) is 30.3 Å². The van der Waals surface area contributed by atoms with Gasteiger partial charge >= 0.3 is 0 Å². The minimum Gasteiger partial charge on any atom is -0.480 e. The SMILES string of the molecule is COc1nn(C(Cc2ccccc2)C(=O)Nc2ccc(C=O)cc2)c(=O)cc1-c1cc(Cl)ccc1C(C)=O. The molecule has 3 aromatic carbocycles. The van der Waals surface area contributed by atoms with E-state index in [0.717, 1.165) is 10.2 Å². The lowest BCUT2D eigenvalue weighted by atomic mass is 9.98. The molecule has 4 rings (SSSR count). The molecule has 0 aliphatic heterocycles. The molecule has 0 spiro atoms. The highest BCUT2D eigenvalue weighted by atomic mass is 35.5. The zero-order valence-electron chi connectivity index (χ0n) is 20.7. The summed E-state index contributed by atoms with van der Waals surface area (Å²) in [5.41, 5.74) is 2.21. The number of carbonyl (C=O) groups excluding carboxylic acids is 3. The van der Waals surface area contributed by atoms with Gasteiger partial charge in [-0.1, -0.05) is 41.9 Å². The number of Topliss-reactive ketones (excluding diaryl/α,β-unsaturated/α-hetero) is 1. The van der Waals surface area contributed by atoms with Gasteiger partial charge in [-0.3, -0.25) is 19.2 Å². The summed E-state index contributed by atoms with van der Waals surface area (Å²) in [6, 6.07) is 20.6. The van der Waals surface area contributed by atoms with Crippen molar-refractivity contribution in [1.82, 2.24) is 9.78 Å². The average Bonchev–Trinajstić information content (AvgIpc) is 2.92. The number of ketones is 1. The van der Waals surface area contributed by atoms with Crippen LogP contribution < -0.4 is 15.6 Å². The van der Waals surface area contributed by atoms with E-state index in [-0.39, 0.29) is 23.6 Å². The maximum Gasteiger partial charge on any atom is 0.268 e. The van der Waals surface area contributed by atoms with Gasteiger partial charge in [0.1, 0.15) is 12.3 Å². The van der Waals surface area contributed by atoms with Crippen LogP contribution in [-0.4, -0.2) is 34.9 Å². The Labute approximate surface area is 223 Å². The van der Waals surface area contributed by atoms with Crippen LogP contribution in [0.3, 0.4) is 0 Å². The van der Waals surface area contributed by atoms with Crippen LogP contribution in [0.4, 0.5) is 5.69 Å². The van der Waals surface area contributed by atoms with E-state index < -0.39 is 17.5 Å². The smallest absolute Gasteiger partial charge is 0.268 e. The molecule has 0 aliphatic rings. The van der Waals surface area contributed by atoms with Crippen LogP contribution >= 0.6 is 11.6 Å². The van der Waals surface area contributed by atoms with Crippen molar-refractivity contribution < 1.29 is 19.1 Å². The molecule has 0 radical (unpaired) electrons. The number of methoxy groups -OCH3 is 1. The second kappa shape index (κ2) is 11.7. The molecule has 9 heteroatoms. The quantitative estimate of drug-likeness (QED) is 0.241. The molecule has 0 bridgehead atoms. The number of aromatic nitrogens is 2. The number of nitrogens with zero attached hydrogens (tertiary/aromatic N) is 2. The largest absolute Gasteiger partial charge is 0.480 e. The van der Waals surface area contributed by atoms with Gasteiger partial charge in [0.25, 0.3) is 5.56 Å². The van der Waals surface area contributed by atoms with Crippen molar-refractivity contribution in [2.24, 2.45) is 0 Å². The van der Waals surface area contributed by atoms with E-state index in [9.17, 15) is 19.2 Å². The van der Waals surface area contributed by atoms with Gasteiger partial charge in [-0.15, -0.1) is 5.10 Å². The fourth-order valence-electron chi connectivity index (χ4n) is 4.06. The number of nitrogens with one attached hydrogen (secondary N) is 1. The Kier molecular flexibility index (Phi) is 8.13. The van der Waals surface area contributed by atoms with Gasteiger partial charge in [0.2, 0.25) is 11.8 Å². The number of ether oxygens (including phenoxy) is 1. The molecule has 1 N–H and O–H groups in total. The Morgan fingerprint density at radius 1 is 1.03 bits per heavy atom. The number of halogens is 1. The van der Waals surface area contributed by atoms with Crippen molar-refractivity contribution in [2.45, 2.75) is 19.4 Å². The van der Waals surface area contributed by atoms with Gasteiger partial charge in [0.15, 0.2) is 5.78 Å². The van der Waals surface area contributed by atoms with Gasteiger partial charge in [0, 0.05) is 34.3 Å². The fraction of sp³-hybridized carbons (Fsp3) is 0.138. The number of carbonyl (C=O) groups is 3. The van der Waals surface area contributed by atoms with E-state index in [0.29, 0.717) is 33.7 Å². The molecule has 1 atom stereocenters. The molecule has 0 aliphatic carbocycles. The van der Waals surface area contributed by atoms with Crippen molar-refractivity contribution in [3.05, 3.63) is 111 Å². The van der Waals surface area contributed by atoms with Gasteiger partial charge < -0.3 is 10.1 Å². The Morgan fingerprint density at radius 3 is 2.37 bits per heavy atom. The number of amides is 1. The summed E-state index contributed by atoms with van der Waals surface area (Å²) in [6.07, 6.45) is 0.878. The molecule has 192 valence electrons. The molecule has 1 amide bonds. The molecule has 0 fully saturated rings. The average molecular weight is 530 g/mol. The Hall–Kier alpha value is -4.56. The van der Waals surface area contributed by atoms with Crippen LogP contribution in [-0.2, 0) is 11.2 Å². The van der Waals surface area contributed by atoms with Crippen LogP contribution in [0.1, 0.15) is 39.2 Å². The van der Waals surface area contributed by atoms with Gasteiger partial charge in [0.05, 0.1) is 12.7 Å². The summed E-state index contributed by atoms with van der Waals surface area (Å²) in [7, 11) is 1.39. The molecule has 1 heterocycles. The summed E-state index contributed by atoms with van der Waals surface area (Å²) in [5.74, 6) is -0.648. The lowest BCUT2D eigenvalue weighted by Crippen LogP contribution is -2.36. The molecule has 4 aromatic rings. The molecular formula is C29H24ClN3O5. The van der Waals surface area contributed by atoms with Gasteiger partial charge in [-0.2, -0.15) is 0 Å².